The second kappa shape index (κ2) is 6.96. The summed E-state index contributed by atoms with van der Waals surface area (Å²) < 4.78 is 2.79. The number of fused-ring (bicyclic) bond motifs is 8. The average molecular weight is 441 g/mol. The van der Waals surface area contributed by atoms with Gasteiger partial charge in [0.2, 0.25) is 5.69 Å². The first-order valence-electron chi connectivity index (χ1n) is 14.3. The fourth-order valence-electron chi connectivity index (χ4n) is 9.23. The van der Waals surface area contributed by atoms with Gasteiger partial charge in [-0.1, -0.05) is 26.3 Å². The SMILES string of the molecule is CCC1(C)c2cc3c(cc2-c2cc4c(c[n+]2C1(C)CC)C1CCC4CC1)C1CCCC3CC1. The van der Waals surface area contributed by atoms with Crippen molar-refractivity contribution in [1.82, 2.24) is 0 Å². The zero-order chi connectivity index (χ0) is 22.5. The smallest absolute Gasteiger partial charge is 0.192 e. The third-order valence-electron chi connectivity index (χ3n) is 11.8. The van der Waals surface area contributed by atoms with E-state index in [0.717, 1.165) is 23.7 Å². The number of hydrogen-bond acceptors (Lipinski definition) is 0. The molecule has 2 fully saturated rings. The van der Waals surface area contributed by atoms with E-state index in [4.69, 9.17) is 0 Å². The van der Waals surface area contributed by atoms with Gasteiger partial charge in [-0.25, -0.2) is 0 Å². The van der Waals surface area contributed by atoms with Crippen molar-refractivity contribution in [3.05, 3.63) is 52.2 Å². The monoisotopic (exact) mass is 440 g/mol. The fraction of sp³-hybridized carbons (Fsp3) is 0.656. The van der Waals surface area contributed by atoms with Gasteiger partial charge in [-0.05, 0) is 117 Å². The molecule has 33 heavy (non-hydrogen) atoms. The Morgan fingerprint density at radius 3 is 1.85 bits per heavy atom. The molecule has 0 N–H and O–H groups in total. The van der Waals surface area contributed by atoms with Crippen molar-refractivity contribution in [2.24, 2.45) is 0 Å². The third kappa shape index (κ3) is 2.53. The van der Waals surface area contributed by atoms with E-state index >= 15 is 0 Å². The van der Waals surface area contributed by atoms with Gasteiger partial charge in [-0.2, -0.15) is 4.57 Å². The molecule has 174 valence electrons. The van der Waals surface area contributed by atoms with Crippen LogP contribution < -0.4 is 4.57 Å². The molecule has 0 spiro atoms. The van der Waals surface area contributed by atoms with Crippen molar-refractivity contribution >= 4 is 0 Å². The van der Waals surface area contributed by atoms with Crippen LogP contribution in [0, 0.1) is 0 Å². The first kappa shape index (κ1) is 20.7. The van der Waals surface area contributed by atoms with Crippen LogP contribution >= 0.6 is 0 Å². The van der Waals surface area contributed by atoms with E-state index in [1.165, 1.54) is 76.3 Å². The van der Waals surface area contributed by atoms with Crippen molar-refractivity contribution in [3.8, 4) is 11.3 Å². The predicted molar refractivity (Wildman–Crippen MR) is 136 cm³/mol. The van der Waals surface area contributed by atoms with Crippen molar-refractivity contribution in [3.63, 3.8) is 0 Å². The Bertz CT molecular complexity index is 1130. The van der Waals surface area contributed by atoms with Gasteiger partial charge in [-0.3, -0.25) is 0 Å². The highest BCUT2D eigenvalue weighted by Crippen LogP contribution is 2.56. The summed E-state index contributed by atoms with van der Waals surface area (Å²) in [5.74, 6) is 3.23. The van der Waals surface area contributed by atoms with Crippen molar-refractivity contribution in [2.45, 2.75) is 133 Å². The molecule has 1 aliphatic heterocycles. The second-order valence-corrected chi connectivity index (χ2v) is 12.7. The van der Waals surface area contributed by atoms with Crippen LogP contribution in [0.4, 0.5) is 0 Å². The molecule has 4 atom stereocenters. The summed E-state index contributed by atoms with van der Waals surface area (Å²) in [5, 5.41) is 0. The van der Waals surface area contributed by atoms with Gasteiger partial charge >= 0.3 is 0 Å². The number of benzene rings is 1. The number of rotatable bonds is 2. The van der Waals surface area contributed by atoms with Crippen molar-refractivity contribution < 1.29 is 4.57 Å². The van der Waals surface area contributed by atoms with E-state index in [2.05, 4.69) is 56.7 Å². The summed E-state index contributed by atoms with van der Waals surface area (Å²) in [4.78, 5) is 0. The Morgan fingerprint density at radius 2 is 1.24 bits per heavy atom. The van der Waals surface area contributed by atoms with Crippen LogP contribution in [0.15, 0.2) is 24.4 Å². The van der Waals surface area contributed by atoms with Crippen LogP contribution in [0.3, 0.4) is 0 Å². The topological polar surface area (TPSA) is 3.88 Å². The largest absolute Gasteiger partial charge is 0.213 e. The highest BCUT2D eigenvalue weighted by Gasteiger charge is 2.57. The molecular weight excluding hydrogens is 398 g/mol. The van der Waals surface area contributed by atoms with Crippen molar-refractivity contribution in [1.29, 1.82) is 0 Å². The number of hydrogen-bond donors (Lipinski definition) is 0. The first-order valence-corrected chi connectivity index (χ1v) is 14.3. The van der Waals surface area contributed by atoms with Gasteiger partial charge in [0, 0.05) is 25.0 Å². The fourth-order valence-corrected chi connectivity index (χ4v) is 9.23. The molecule has 6 aliphatic carbocycles. The minimum absolute atomic E-state index is 0.119. The van der Waals surface area contributed by atoms with E-state index in [0.29, 0.717) is 0 Å². The van der Waals surface area contributed by atoms with Crippen LogP contribution in [-0.2, 0) is 11.0 Å². The Balaban J connectivity index is 1.54. The van der Waals surface area contributed by atoms with Crippen LogP contribution in [-0.4, -0.2) is 0 Å². The lowest BCUT2D eigenvalue weighted by molar-refractivity contribution is -0.765. The summed E-state index contributed by atoms with van der Waals surface area (Å²) in [6.45, 7) is 10.1. The molecule has 7 aliphatic rings. The lowest BCUT2D eigenvalue weighted by Gasteiger charge is -2.48. The van der Waals surface area contributed by atoms with E-state index in [9.17, 15) is 0 Å². The summed E-state index contributed by atoms with van der Waals surface area (Å²) in [5.41, 5.74) is 12.0. The predicted octanol–water partition coefficient (Wildman–Crippen LogP) is 8.35. The first-order chi connectivity index (χ1) is 16.0. The van der Waals surface area contributed by atoms with Gasteiger partial charge in [0.1, 0.15) is 0 Å². The summed E-state index contributed by atoms with van der Waals surface area (Å²) in [7, 11) is 0. The van der Waals surface area contributed by atoms with E-state index < -0.39 is 0 Å². The average Bonchev–Trinajstić information content (AvgIpc) is 3.21. The molecule has 4 bridgehead atoms. The highest BCUT2D eigenvalue weighted by atomic mass is 15.1. The molecular formula is C32H42N+. The van der Waals surface area contributed by atoms with Crippen LogP contribution in [0.5, 0.6) is 0 Å². The second-order valence-electron chi connectivity index (χ2n) is 12.7. The number of pyridine rings is 1. The maximum absolute atomic E-state index is 2.79. The molecule has 0 saturated heterocycles. The van der Waals surface area contributed by atoms with Gasteiger partial charge in [0.25, 0.3) is 0 Å². The van der Waals surface area contributed by atoms with Gasteiger partial charge < -0.3 is 0 Å². The molecule has 4 unspecified atom stereocenters. The Kier molecular flexibility index (Phi) is 4.37. The highest BCUT2D eigenvalue weighted by molar-refractivity contribution is 5.70. The quantitative estimate of drug-likeness (QED) is 0.413. The lowest BCUT2D eigenvalue weighted by Crippen LogP contribution is -2.67. The van der Waals surface area contributed by atoms with E-state index in [1.54, 1.807) is 33.4 Å². The normalized spacial score (nSPS) is 37.7. The van der Waals surface area contributed by atoms with Gasteiger partial charge in [0.05, 0.1) is 11.0 Å². The molecule has 9 rings (SSSR count). The lowest BCUT2D eigenvalue weighted by atomic mass is 9.59. The molecule has 1 aromatic carbocycles. The summed E-state index contributed by atoms with van der Waals surface area (Å²) >= 11 is 0. The molecule has 0 amide bonds. The van der Waals surface area contributed by atoms with Crippen molar-refractivity contribution in [2.75, 3.05) is 0 Å². The molecule has 2 aromatic rings. The molecule has 1 heteroatoms. The molecule has 2 saturated carbocycles. The standard InChI is InChI=1S/C32H42N/c1-5-31(3)29-17-25-21-9-7-8-20(10-11-21)24(25)16-27(29)30-18-26-22-12-14-23(15-13-22)28(26)19-33(30)32(31,4)6-2/h16-23H,5-15H2,1-4H3/q+1. The van der Waals surface area contributed by atoms with Crippen LogP contribution in [0.1, 0.15) is 150 Å². The Morgan fingerprint density at radius 1 is 0.697 bits per heavy atom. The molecule has 2 heterocycles. The molecule has 1 aromatic heterocycles. The van der Waals surface area contributed by atoms with E-state index in [1.807, 2.05) is 0 Å². The number of aromatic nitrogens is 1. The maximum Gasteiger partial charge on any atom is 0.213 e. The zero-order valence-electron chi connectivity index (χ0n) is 21.3. The van der Waals surface area contributed by atoms with Crippen LogP contribution in [0.2, 0.25) is 0 Å². The van der Waals surface area contributed by atoms with Gasteiger partial charge in [-0.15, -0.1) is 0 Å². The van der Waals surface area contributed by atoms with E-state index in [-0.39, 0.29) is 11.0 Å². The van der Waals surface area contributed by atoms with Gasteiger partial charge in [0.15, 0.2) is 11.7 Å². The summed E-state index contributed by atoms with van der Waals surface area (Å²) in [6.07, 6.45) is 17.8. The molecule has 1 nitrogen and oxygen atoms in total. The maximum atomic E-state index is 2.79. The zero-order valence-corrected chi connectivity index (χ0v) is 21.3. The Hall–Kier alpha value is -1.63. The van der Waals surface area contributed by atoms with Crippen LogP contribution in [0.25, 0.3) is 11.3 Å². The minimum atomic E-state index is 0.119. The number of nitrogens with zero attached hydrogens (tertiary/aromatic N) is 1. The summed E-state index contributed by atoms with van der Waals surface area (Å²) in [6, 6.07) is 8.16. The Labute approximate surface area is 201 Å². The third-order valence-corrected chi connectivity index (χ3v) is 11.8. The minimum Gasteiger partial charge on any atom is -0.192 e. The molecule has 0 radical (unpaired) electrons.